The normalized spacial score (nSPS) is 30.2. The van der Waals surface area contributed by atoms with Crippen LogP contribution in [0.4, 0.5) is 0 Å². The summed E-state index contributed by atoms with van der Waals surface area (Å²) in [6.07, 6.45) is 7.85. The Morgan fingerprint density at radius 3 is 2.79 bits per heavy atom. The van der Waals surface area contributed by atoms with Crippen molar-refractivity contribution < 1.29 is 4.74 Å². The Morgan fingerprint density at radius 2 is 2.21 bits per heavy atom. The highest BCUT2D eigenvalue weighted by atomic mass is 16.5. The molecule has 1 aliphatic carbocycles. The summed E-state index contributed by atoms with van der Waals surface area (Å²) in [5.41, 5.74) is 6.22. The number of hydrogen-bond acceptors (Lipinski definition) is 3. The van der Waals surface area contributed by atoms with Gasteiger partial charge in [0.15, 0.2) is 0 Å². The Balaban J connectivity index is 1.50. The maximum Gasteiger partial charge on any atom is 0.0588 e. The molecule has 2 rings (SSSR count). The summed E-state index contributed by atoms with van der Waals surface area (Å²) in [7, 11) is 0. The molecule has 0 aromatic carbocycles. The maximum absolute atomic E-state index is 6.10. The molecule has 1 atom stereocenters. The third kappa shape index (κ3) is 2.69. The number of nitrogens with two attached hydrogens (primary N) is 1. The van der Waals surface area contributed by atoms with Crippen molar-refractivity contribution in [1.82, 2.24) is 5.32 Å². The molecule has 1 saturated carbocycles. The molecule has 1 heterocycles. The highest BCUT2D eigenvalue weighted by Gasteiger charge is 2.31. The van der Waals surface area contributed by atoms with Crippen LogP contribution in [0.25, 0.3) is 0 Å². The second kappa shape index (κ2) is 4.60. The molecule has 0 amide bonds. The molecule has 82 valence electrons. The van der Waals surface area contributed by atoms with Crippen molar-refractivity contribution in [1.29, 1.82) is 0 Å². The van der Waals surface area contributed by atoms with Crippen molar-refractivity contribution in [3.05, 3.63) is 0 Å². The fraction of sp³-hybridized carbons (Fsp3) is 1.00. The summed E-state index contributed by atoms with van der Waals surface area (Å²) in [6, 6.07) is 0. The molecule has 1 saturated heterocycles. The quantitative estimate of drug-likeness (QED) is 0.649. The summed E-state index contributed by atoms with van der Waals surface area (Å²) in [5.74, 6) is 0. The molecule has 3 heteroatoms. The molecule has 0 bridgehead atoms. The average molecular weight is 198 g/mol. The minimum atomic E-state index is 0.122. The highest BCUT2D eigenvalue weighted by molar-refractivity contribution is 4.94. The predicted octanol–water partition coefficient (Wildman–Crippen LogP) is 1.03. The van der Waals surface area contributed by atoms with Crippen molar-refractivity contribution in [3.8, 4) is 0 Å². The van der Waals surface area contributed by atoms with Crippen LogP contribution in [0.2, 0.25) is 0 Å². The monoisotopic (exact) mass is 198 g/mol. The lowest BCUT2D eigenvalue weighted by Gasteiger charge is -2.38. The van der Waals surface area contributed by atoms with Crippen LogP contribution in [0.1, 0.15) is 38.5 Å². The largest absolute Gasteiger partial charge is 0.378 e. The van der Waals surface area contributed by atoms with Crippen molar-refractivity contribution in [2.75, 3.05) is 19.7 Å². The molecule has 2 fully saturated rings. The fourth-order valence-corrected chi connectivity index (χ4v) is 2.28. The van der Waals surface area contributed by atoms with Crippen LogP contribution in [-0.2, 0) is 4.74 Å². The first-order valence-electron chi connectivity index (χ1n) is 5.90. The third-order valence-electron chi connectivity index (χ3n) is 3.49. The Bertz CT molecular complexity index is 174. The summed E-state index contributed by atoms with van der Waals surface area (Å²) in [6.45, 7) is 3.01. The summed E-state index contributed by atoms with van der Waals surface area (Å²) in [5, 5.41) is 3.45. The number of rotatable bonds is 5. The smallest absolute Gasteiger partial charge is 0.0588 e. The first-order valence-corrected chi connectivity index (χ1v) is 5.90. The fourth-order valence-electron chi connectivity index (χ4n) is 2.28. The first kappa shape index (κ1) is 10.4. The second-order valence-electron chi connectivity index (χ2n) is 4.82. The second-order valence-corrected chi connectivity index (χ2v) is 4.82. The molecule has 14 heavy (non-hydrogen) atoms. The first-order chi connectivity index (χ1) is 6.79. The van der Waals surface area contributed by atoms with Crippen LogP contribution in [0, 0.1) is 0 Å². The third-order valence-corrected chi connectivity index (χ3v) is 3.49. The van der Waals surface area contributed by atoms with Crippen LogP contribution >= 0.6 is 0 Å². The standard InChI is InChI=1S/C11H22N2O/c12-11(5-2-6-11)9-13-7-4-10-3-1-8-14-10/h10,13H,1-9,12H2. The topological polar surface area (TPSA) is 47.3 Å². The van der Waals surface area contributed by atoms with E-state index < -0.39 is 0 Å². The van der Waals surface area contributed by atoms with Crippen LogP contribution in [-0.4, -0.2) is 31.3 Å². The van der Waals surface area contributed by atoms with Gasteiger partial charge in [0.2, 0.25) is 0 Å². The van der Waals surface area contributed by atoms with Gasteiger partial charge in [-0.1, -0.05) is 0 Å². The molecule has 3 nitrogen and oxygen atoms in total. The predicted molar refractivity (Wildman–Crippen MR) is 57.2 cm³/mol. The minimum absolute atomic E-state index is 0.122. The van der Waals surface area contributed by atoms with Crippen LogP contribution in [0.3, 0.4) is 0 Å². The lowest BCUT2D eigenvalue weighted by Crippen LogP contribution is -2.54. The van der Waals surface area contributed by atoms with Gasteiger partial charge in [0.1, 0.15) is 0 Å². The van der Waals surface area contributed by atoms with Gasteiger partial charge in [-0.2, -0.15) is 0 Å². The highest BCUT2D eigenvalue weighted by Crippen LogP contribution is 2.28. The van der Waals surface area contributed by atoms with E-state index in [1.165, 1.54) is 32.1 Å². The summed E-state index contributed by atoms with van der Waals surface area (Å²) >= 11 is 0. The maximum atomic E-state index is 6.10. The van der Waals surface area contributed by atoms with Gasteiger partial charge in [-0.05, 0) is 45.1 Å². The van der Waals surface area contributed by atoms with Gasteiger partial charge in [-0.25, -0.2) is 0 Å². The minimum Gasteiger partial charge on any atom is -0.378 e. The Morgan fingerprint density at radius 1 is 1.36 bits per heavy atom. The van der Waals surface area contributed by atoms with Crippen molar-refractivity contribution in [3.63, 3.8) is 0 Å². The van der Waals surface area contributed by atoms with Crippen LogP contribution < -0.4 is 11.1 Å². The van der Waals surface area contributed by atoms with Gasteiger partial charge in [0.25, 0.3) is 0 Å². The van der Waals surface area contributed by atoms with Crippen molar-refractivity contribution in [2.24, 2.45) is 5.73 Å². The zero-order chi connectivity index (χ0) is 9.86. The van der Waals surface area contributed by atoms with Crippen molar-refractivity contribution >= 4 is 0 Å². The lowest BCUT2D eigenvalue weighted by atomic mass is 9.78. The van der Waals surface area contributed by atoms with E-state index in [1.807, 2.05) is 0 Å². The van der Waals surface area contributed by atoms with E-state index in [-0.39, 0.29) is 5.54 Å². The molecular formula is C11H22N2O. The van der Waals surface area contributed by atoms with E-state index in [0.717, 1.165) is 26.1 Å². The van der Waals surface area contributed by atoms with Crippen LogP contribution in [0.15, 0.2) is 0 Å². The average Bonchev–Trinajstić information content (AvgIpc) is 2.62. The van der Waals surface area contributed by atoms with E-state index in [2.05, 4.69) is 5.32 Å². The van der Waals surface area contributed by atoms with Crippen LogP contribution in [0.5, 0.6) is 0 Å². The SMILES string of the molecule is NC1(CNCCC2CCCO2)CCC1. The van der Waals surface area contributed by atoms with Crippen molar-refractivity contribution in [2.45, 2.75) is 50.2 Å². The Kier molecular flexibility index (Phi) is 3.42. The zero-order valence-corrected chi connectivity index (χ0v) is 8.93. The lowest BCUT2D eigenvalue weighted by molar-refractivity contribution is 0.103. The molecular weight excluding hydrogens is 176 g/mol. The molecule has 2 aliphatic rings. The molecule has 1 unspecified atom stereocenters. The number of nitrogens with one attached hydrogen (secondary N) is 1. The van der Waals surface area contributed by atoms with Gasteiger partial charge in [0, 0.05) is 18.7 Å². The molecule has 0 aromatic rings. The van der Waals surface area contributed by atoms with E-state index in [9.17, 15) is 0 Å². The molecule has 0 radical (unpaired) electrons. The van der Waals surface area contributed by atoms with Gasteiger partial charge in [0.05, 0.1) is 6.10 Å². The zero-order valence-electron chi connectivity index (χ0n) is 8.93. The number of hydrogen-bond donors (Lipinski definition) is 2. The van der Waals surface area contributed by atoms with Gasteiger partial charge in [-0.15, -0.1) is 0 Å². The molecule has 0 spiro atoms. The van der Waals surface area contributed by atoms with E-state index in [1.54, 1.807) is 0 Å². The molecule has 0 aromatic heterocycles. The van der Waals surface area contributed by atoms with Gasteiger partial charge >= 0.3 is 0 Å². The van der Waals surface area contributed by atoms with E-state index in [0.29, 0.717) is 6.10 Å². The Hall–Kier alpha value is -0.120. The summed E-state index contributed by atoms with van der Waals surface area (Å²) < 4.78 is 5.55. The summed E-state index contributed by atoms with van der Waals surface area (Å²) in [4.78, 5) is 0. The van der Waals surface area contributed by atoms with Gasteiger partial charge < -0.3 is 15.8 Å². The Labute approximate surface area is 86.4 Å². The van der Waals surface area contributed by atoms with E-state index in [4.69, 9.17) is 10.5 Å². The number of ether oxygens (including phenoxy) is 1. The van der Waals surface area contributed by atoms with Gasteiger partial charge in [-0.3, -0.25) is 0 Å². The molecule has 3 N–H and O–H groups in total. The van der Waals surface area contributed by atoms with E-state index >= 15 is 0 Å². The molecule has 1 aliphatic heterocycles.